The van der Waals surface area contributed by atoms with Gasteiger partial charge in [-0.3, -0.25) is 0 Å². The van der Waals surface area contributed by atoms with Gasteiger partial charge in [0.25, 0.3) is 0 Å². The van der Waals surface area contributed by atoms with E-state index >= 15 is 0 Å². The summed E-state index contributed by atoms with van der Waals surface area (Å²) in [6, 6.07) is 10.1. The molecule has 0 atom stereocenters. The first kappa shape index (κ1) is 13.5. The van der Waals surface area contributed by atoms with Crippen molar-refractivity contribution in [2.45, 2.75) is 13.5 Å². The lowest BCUT2D eigenvalue weighted by molar-refractivity contribution is 0.852. The van der Waals surface area contributed by atoms with Crippen LogP contribution in [0.2, 0.25) is 5.28 Å². The summed E-state index contributed by atoms with van der Waals surface area (Å²) in [5, 5.41) is 3.23. The average Bonchev–Trinajstić information content (AvgIpc) is 2.39. The maximum Gasteiger partial charge on any atom is 0.231 e. The molecule has 0 saturated heterocycles. The molecule has 19 heavy (non-hydrogen) atoms. The van der Waals surface area contributed by atoms with E-state index < -0.39 is 0 Å². The van der Waals surface area contributed by atoms with Gasteiger partial charge in [-0.1, -0.05) is 30.3 Å². The highest BCUT2D eigenvalue weighted by molar-refractivity contribution is 6.28. The van der Waals surface area contributed by atoms with Gasteiger partial charge < -0.3 is 10.2 Å². The maximum absolute atomic E-state index is 5.90. The molecule has 0 aliphatic heterocycles. The molecular weight excluding hydrogens is 262 g/mol. The van der Waals surface area contributed by atoms with Crippen molar-refractivity contribution >= 4 is 23.5 Å². The molecule has 0 amide bonds. The molecule has 2 rings (SSSR count). The van der Waals surface area contributed by atoms with E-state index in [1.807, 2.05) is 37.1 Å². The van der Waals surface area contributed by atoms with Crippen molar-refractivity contribution in [1.82, 2.24) is 15.0 Å². The zero-order valence-electron chi connectivity index (χ0n) is 11.0. The van der Waals surface area contributed by atoms with Crippen LogP contribution in [-0.2, 0) is 6.54 Å². The molecule has 100 valence electrons. The first-order chi connectivity index (χ1) is 9.19. The number of hydrogen-bond donors (Lipinski definition) is 1. The normalized spacial score (nSPS) is 10.3. The number of benzene rings is 1. The number of aromatic nitrogens is 3. The number of halogens is 1. The number of hydrogen-bond acceptors (Lipinski definition) is 5. The second kappa shape index (κ2) is 6.33. The third-order valence-corrected chi connectivity index (χ3v) is 2.70. The van der Waals surface area contributed by atoms with Gasteiger partial charge in [-0.05, 0) is 24.1 Å². The van der Waals surface area contributed by atoms with Gasteiger partial charge in [-0.25, -0.2) is 0 Å². The molecule has 1 aromatic heterocycles. The van der Waals surface area contributed by atoms with Gasteiger partial charge in [0.05, 0.1) is 0 Å². The Morgan fingerprint density at radius 1 is 1.16 bits per heavy atom. The molecular formula is C13H16ClN5. The largest absolute Gasteiger partial charge is 0.354 e. The van der Waals surface area contributed by atoms with Crippen molar-refractivity contribution in [1.29, 1.82) is 0 Å². The zero-order chi connectivity index (χ0) is 13.7. The number of rotatable bonds is 5. The minimum Gasteiger partial charge on any atom is -0.354 e. The maximum atomic E-state index is 5.90. The standard InChI is InChI=1S/C13H16ClN5/c1-3-15-12-16-11(14)17-13(18-12)19(2)9-10-7-5-4-6-8-10/h4-8H,3,9H2,1-2H3,(H,15,16,17,18). The van der Waals surface area contributed by atoms with E-state index in [2.05, 4.69) is 32.4 Å². The molecule has 0 aliphatic rings. The average molecular weight is 278 g/mol. The summed E-state index contributed by atoms with van der Waals surface area (Å²) in [5.41, 5.74) is 1.19. The van der Waals surface area contributed by atoms with Gasteiger partial charge in [0.2, 0.25) is 17.2 Å². The van der Waals surface area contributed by atoms with Gasteiger partial charge in [0.15, 0.2) is 0 Å². The van der Waals surface area contributed by atoms with Crippen LogP contribution in [0.15, 0.2) is 30.3 Å². The first-order valence-corrected chi connectivity index (χ1v) is 6.47. The monoisotopic (exact) mass is 277 g/mol. The fourth-order valence-corrected chi connectivity index (χ4v) is 1.83. The highest BCUT2D eigenvalue weighted by Crippen LogP contribution is 2.14. The Morgan fingerprint density at radius 3 is 2.58 bits per heavy atom. The molecule has 0 fully saturated rings. The van der Waals surface area contributed by atoms with E-state index in [1.165, 1.54) is 5.56 Å². The molecule has 0 aliphatic carbocycles. The van der Waals surface area contributed by atoms with E-state index in [1.54, 1.807) is 0 Å². The highest BCUT2D eigenvalue weighted by atomic mass is 35.5. The van der Waals surface area contributed by atoms with E-state index in [9.17, 15) is 0 Å². The van der Waals surface area contributed by atoms with Crippen molar-refractivity contribution in [2.24, 2.45) is 0 Å². The zero-order valence-corrected chi connectivity index (χ0v) is 11.7. The quantitative estimate of drug-likeness (QED) is 0.910. The summed E-state index contributed by atoms with van der Waals surface area (Å²) in [6.07, 6.45) is 0. The summed E-state index contributed by atoms with van der Waals surface area (Å²) >= 11 is 5.90. The Labute approximate surface area is 117 Å². The van der Waals surface area contributed by atoms with Crippen LogP contribution >= 0.6 is 11.6 Å². The van der Waals surface area contributed by atoms with Crippen LogP contribution in [0.25, 0.3) is 0 Å². The molecule has 0 bridgehead atoms. The van der Waals surface area contributed by atoms with Crippen LogP contribution in [0.4, 0.5) is 11.9 Å². The lowest BCUT2D eigenvalue weighted by Crippen LogP contribution is -2.20. The van der Waals surface area contributed by atoms with Gasteiger partial charge in [0.1, 0.15) is 0 Å². The van der Waals surface area contributed by atoms with Gasteiger partial charge in [-0.2, -0.15) is 15.0 Å². The van der Waals surface area contributed by atoms with Crippen molar-refractivity contribution in [3.05, 3.63) is 41.2 Å². The van der Waals surface area contributed by atoms with Crippen LogP contribution in [0.1, 0.15) is 12.5 Å². The summed E-state index contributed by atoms with van der Waals surface area (Å²) in [7, 11) is 1.92. The van der Waals surface area contributed by atoms with Crippen molar-refractivity contribution < 1.29 is 0 Å². The second-order valence-corrected chi connectivity index (χ2v) is 4.44. The Kier molecular flexibility index (Phi) is 4.52. The topological polar surface area (TPSA) is 53.9 Å². The van der Waals surface area contributed by atoms with Crippen molar-refractivity contribution in [3.8, 4) is 0 Å². The molecule has 2 aromatic rings. The van der Waals surface area contributed by atoms with Crippen molar-refractivity contribution in [3.63, 3.8) is 0 Å². The fourth-order valence-electron chi connectivity index (χ4n) is 1.68. The molecule has 0 spiro atoms. The first-order valence-electron chi connectivity index (χ1n) is 6.09. The van der Waals surface area contributed by atoms with Crippen molar-refractivity contribution in [2.75, 3.05) is 23.8 Å². The van der Waals surface area contributed by atoms with E-state index in [0.717, 1.165) is 6.54 Å². The Bertz CT molecular complexity index is 532. The van der Waals surface area contributed by atoms with E-state index in [4.69, 9.17) is 11.6 Å². The Hall–Kier alpha value is -1.88. The summed E-state index contributed by atoms with van der Waals surface area (Å²) in [4.78, 5) is 14.4. The number of nitrogens with one attached hydrogen (secondary N) is 1. The third kappa shape index (κ3) is 3.79. The third-order valence-electron chi connectivity index (χ3n) is 2.54. The van der Waals surface area contributed by atoms with Gasteiger partial charge in [-0.15, -0.1) is 0 Å². The highest BCUT2D eigenvalue weighted by Gasteiger charge is 2.09. The predicted octanol–water partition coefficient (Wildman–Crippen LogP) is 2.59. The molecule has 0 radical (unpaired) electrons. The second-order valence-electron chi connectivity index (χ2n) is 4.10. The molecule has 0 unspecified atom stereocenters. The SMILES string of the molecule is CCNc1nc(Cl)nc(N(C)Cc2ccccc2)n1. The van der Waals surface area contributed by atoms with Gasteiger partial charge in [0, 0.05) is 20.1 Å². The van der Waals surface area contributed by atoms with E-state index in [-0.39, 0.29) is 5.28 Å². The summed E-state index contributed by atoms with van der Waals surface area (Å²) in [5.74, 6) is 1.05. The molecule has 1 N–H and O–H groups in total. The number of anilines is 2. The lowest BCUT2D eigenvalue weighted by atomic mass is 10.2. The molecule has 6 heteroatoms. The van der Waals surface area contributed by atoms with E-state index in [0.29, 0.717) is 18.4 Å². The fraction of sp³-hybridized carbons (Fsp3) is 0.308. The molecule has 5 nitrogen and oxygen atoms in total. The van der Waals surface area contributed by atoms with Crippen LogP contribution in [0.5, 0.6) is 0 Å². The number of nitrogens with zero attached hydrogens (tertiary/aromatic N) is 4. The summed E-state index contributed by atoms with van der Waals surface area (Å²) < 4.78 is 0. The van der Waals surface area contributed by atoms with Crippen LogP contribution < -0.4 is 10.2 Å². The Morgan fingerprint density at radius 2 is 1.89 bits per heavy atom. The minimum absolute atomic E-state index is 0.195. The Balaban J connectivity index is 2.16. The van der Waals surface area contributed by atoms with Crippen LogP contribution in [0.3, 0.4) is 0 Å². The smallest absolute Gasteiger partial charge is 0.231 e. The van der Waals surface area contributed by atoms with Gasteiger partial charge >= 0.3 is 0 Å². The predicted molar refractivity (Wildman–Crippen MR) is 77.5 cm³/mol. The summed E-state index contributed by atoms with van der Waals surface area (Å²) in [6.45, 7) is 3.43. The minimum atomic E-state index is 0.195. The lowest BCUT2D eigenvalue weighted by Gasteiger charge is -2.17. The molecule has 1 heterocycles. The molecule has 1 aromatic carbocycles. The van der Waals surface area contributed by atoms with Crippen LogP contribution in [0, 0.1) is 0 Å². The van der Waals surface area contributed by atoms with Crippen LogP contribution in [-0.4, -0.2) is 28.5 Å². The molecule has 0 saturated carbocycles.